The van der Waals surface area contributed by atoms with E-state index >= 15 is 0 Å². The second kappa shape index (κ2) is 9.27. The van der Waals surface area contributed by atoms with Crippen LogP contribution >= 0.6 is 34.5 Å². The van der Waals surface area contributed by atoms with Crippen LogP contribution in [0, 0.1) is 0 Å². The average molecular weight is 419 g/mol. The number of amides is 1. The van der Waals surface area contributed by atoms with Gasteiger partial charge in [0.05, 0.1) is 21.6 Å². The standard InChI is InChI=1S/C21H20Cl2N2OS/c1-25(14-17-9-11-20(23)27-17)16-8-10-19(18(22)13-16)24-21(26)12-7-15-5-3-2-4-6-15/h2-6,8-11,13H,7,12,14H2,1H3,(H,24,26). The maximum absolute atomic E-state index is 12.2. The third-order valence-corrected chi connectivity index (χ3v) is 5.70. The lowest BCUT2D eigenvalue weighted by molar-refractivity contribution is -0.116. The lowest BCUT2D eigenvalue weighted by Crippen LogP contribution is -2.16. The van der Waals surface area contributed by atoms with Crippen molar-refractivity contribution in [1.82, 2.24) is 0 Å². The van der Waals surface area contributed by atoms with Gasteiger partial charge in [-0.05, 0) is 42.3 Å². The smallest absolute Gasteiger partial charge is 0.224 e. The van der Waals surface area contributed by atoms with Crippen molar-refractivity contribution in [2.24, 2.45) is 0 Å². The number of carbonyl (C=O) groups excluding carboxylic acids is 1. The molecule has 27 heavy (non-hydrogen) atoms. The van der Waals surface area contributed by atoms with Crippen LogP contribution < -0.4 is 10.2 Å². The van der Waals surface area contributed by atoms with Gasteiger partial charge in [-0.25, -0.2) is 0 Å². The van der Waals surface area contributed by atoms with Crippen molar-refractivity contribution < 1.29 is 4.79 Å². The van der Waals surface area contributed by atoms with E-state index in [0.717, 1.165) is 22.1 Å². The summed E-state index contributed by atoms with van der Waals surface area (Å²) in [6.07, 6.45) is 1.12. The van der Waals surface area contributed by atoms with Crippen molar-refractivity contribution in [1.29, 1.82) is 0 Å². The maximum Gasteiger partial charge on any atom is 0.224 e. The van der Waals surface area contributed by atoms with Gasteiger partial charge in [-0.3, -0.25) is 4.79 Å². The highest BCUT2D eigenvalue weighted by molar-refractivity contribution is 7.16. The fourth-order valence-electron chi connectivity index (χ4n) is 2.72. The molecule has 0 saturated heterocycles. The Balaban J connectivity index is 1.58. The Labute approximate surface area is 173 Å². The molecule has 1 heterocycles. The Morgan fingerprint density at radius 2 is 1.85 bits per heavy atom. The van der Waals surface area contributed by atoms with E-state index in [1.807, 2.05) is 67.7 Å². The predicted octanol–water partition coefficient (Wildman–Crippen LogP) is 6.26. The molecule has 0 fully saturated rings. The summed E-state index contributed by atoms with van der Waals surface area (Å²) in [4.78, 5) is 15.5. The molecule has 3 rings (SSSR count). The number of thiophene rings is 1. The van der Waals surface area contributed by atoms with E-state index < -0.39 is 0 Å². The van der Waals surface area contributed by atoms with Gasteiger partial charge in [0.25, 0.3) is 0 Å². The molecule has 0 spiro atoms. The quantitative estimate of drug-likeness (QED) is 0.490. The fourth-order valence-corrected chi connectivity index (χ4v) is 4.08. The number of nitrogens with zero attached hydrogens (tertiary/aromatic N) is 1. The number of halogens is 2. The number of benzene rings is 2. The summed E-state index contributed by atoms with van der Waals surface area (Å²) in [7, 11) is 2.00. The number of nitrogens with one attached hydrogen (secondary N) is 1. The Kier molecular flexibility index (Phi) is 6.78. The SMILES string of the molecule is CN(Cc1ccc(Cl)s1)c1ccc(NC(=O)CCc2ccccc2)c(Cl)c1. The number of hydrogen-bond acceptors (Lipinski definition) is 3. The first-order valence-corrected chi connectivity index (χ1v) is 10.2. The molecule has 0 bridgehead atoms. The summed E-state index contributed by atoms with van der Waals surface area (Å²) < 4.78 is 0.782. The molecule has 0 radical (unpaired) electrons. The summed E-state index contributed by atoms with van der Waals surface area (Å²) in [5.41, 5.74) is 2.75. The molecular weight excluding hydrogens is 399 g/mol. The third kappa shape index (κ3) is 5.73. The van der Waals surface area contributed by atoms with Gasteiger partial charge >= 0.3 is 0 Å². The molecule has 1 aromatic heterocycles. The van der Waals surface area contributed by atoms with Crippen LogP contribution in [-0.4, -0.2) is 13.0 Å². The molecule has 0 aliphatic heterocycles. The summed E-state index contributed by atoms with van der Waals surface area (Å²) in [6, 6.07) is 19.5. The van der Waals surface area contributed by atoms with Crippen LogP contribution in [0.3, 0.4) is 0 Å². The van der Waals surface area contributed by atoms with E-state index in [0.29, 0.717) is 23.6 Å². The lowest BCUT2D eigenvalue weighted by Gasteiger charge is -2.19. The molecule has 1 amide bonds. The second-order valence-electron chi connectivity index (χ2n) is 6.26. The summed E-state index contributed by atoms with van der Waals surface area (Å²) in [5, 5.41) is 3.42. The van der Waals surface area contributed by atoms with Crippen LogP contribution in [-0.2, 0) is 17.8 Å². The molecule has 0 aliphatic rings. The van der Waals surface area contributed by atoms with Crippen molar-refractivity contribution in [2.75, 3.05) is 17.3 Å². The highest BCUT2D eigenvalue weighted by Gasteiger charge is 2.10. The maximum atomic E-state index is 12.2. The number of hydrogen-bond donors (Lipinski definition) is 1. The van der Waals surface area contributed by atoms with Gasteiger partial charge in [0.2, 0.25) is 5.91 Å². The summed E-state index contributed by atoms with van der Waals surface area (Å²) in [5.74, 6) is -0.0462. The molecule has 140 valence electrons. The molecule has 2 aromatic carbocycles. The Bertz CT molecular complexity index is 912. The predicted molar refractivity (Wildman–Crippen MR) is 116 cm³/mol. The van der Waals surface area contributed by atoms with Gasteiger partial charge in [-0.1, -0.05) is 53.5 Å². The molecule has 0 unspecified atom stereocenters. The van der Waals surface area contributed by atoms with Crippen LogP contribution in [0.5, 0.6) is 0 Å². The Hall–Kier alpha value is -2.01. The minimum absolute atomic E-state index is 0.0462. The van der Waals surface area contributed by atoms with E-state index in [4.69, 9.17) is 23.2 Å². The van der Waals surface area contributed by atoms with Gasteiger partial charge in [0.15, 0.2) is 0 Å². The normalized spacial score (nSPS) is 10.6. The van der Waals surface area contributed by atoms with E-state index in [1.54, 1.807) is 11.3 Å². The molecule has 3 nitrogen and oxygen atoms in total. The van der Waals surface area contributed by atoms with Gasteiger partial charge in [-0.15, -0.1) is 11.3 Å². The van der Waals surface area contributed by atoms with Crippen LogP contribution in [0.25, 0.3) is 0 Å². The lowest BCUT2D eigenvalue weighted by atomic mass is 10.1. The van der Waals surface area contributed by atoms with Crippen molar-refractivity contribution in [2.45, 2.75) is 19.4 Å². The van der Waals surface area contributed by atoms with Crippen molar-refractivity contribution in [3.8, 4) is 0 Å². The van der Waals surface area contributed by atoms with E-state index in [9.17, 15) is 4.79 Å². The van der Waals surface area contributed by atoms with Crippen LogP contribution in [0.15, 0.2) is 60.7 Å². The number of anilines is 2. The zero-order valence-corrected chi connectivity index (χ0v) is 17.2. The molecule has 0 aliphatic carbocycles. The Morgan fingerprint density at radius 1 is 1.07 bits per heavy atom. The van der Waals surface area contributed by atoms with Crippen LogP contribution in [0.1, 0.15) is 16.9 Å². The first kappa shape index (κ1) is 19.7. The van der Waals surface area contributed by atoms with Gasteiger partial charge in [-0.2, -0.15) is 0 Å². The van der Waals surface area contributed by atoms with Gasteiger partial charge in [0.1, 0.15) is 0 Å². The topological polar surface area (TPSA) is 32.3 Å². The van der Waals surface area contributed by atoms with Gasteiger partial charge in [0, 0.05) is 24.0 Å². The number of carbonyl (C=O) groups is 1. The first-order valence-electron chi connectivity index (χ1n) is 8.60. The first-order chi connectivity index (χ1) is 13.0. The summed E-state index contributed by atoms with van der Waals surface area (Å²) in [6.45, 7) is 0.747. The number of rotatable bonds is 7. The van der Waals surface area contributed by atoms with Gasteiger partial charge < -0.3 is 10.2 Å². The molecule has 0 atom stereocenters. The zero-order valence-electron chi connectivity index (χ0n) is 14.9. The van der Waals surface area contributed by atoms with Crippen LogP contribution in [0.2, 0.25) is 9.36 Å². The molecule has 1 N–H and O–H groups in total. The average Bonchev–Trinajstić information content (AvgIpc) is 3.07. The molecule has 0 saturated carbocycles. The highest BCUT2D eigenvalue weighted by Crippen LogP contribution is 2.29. The van der Waals surface area contributed by atoms with Crippen molar-refractivity contribution in [3.63, 3.8) is 0 Å². The number of aryl methyl sites for hydroxylation is 1. The Morgan fingerprint density at radius 3 is 2.52 bits per heavy atom. The molecular formula is C21H20Cl2N2OS. The minimum Gasteiger partial charge on any atom is -0.369 e. The molecule has 3 aromatic rings. The minimum atomic E-state index is -0.0462. The largest absolute Gasteiger partial charge is 0.369 e. The third-order valence-electron chi connectivity index (χ3n) is 4.17. The van der Waals surface area contributed by atoms with Crippen LogP contribution in [0.4, 0.5) is 11.4 Å². The van der Waals surface area contributed by atoms with E-state index in [1.165, 1.54) is 4.88 Å². The monoisotopic (exact) mass is 418 g/mol. The second-order valence-corrected chi connectivity index (χ2v) is 8.47. The van der Waals surface area contributed by atoms with Crippen molar-refractivity contribution >= 4 is 51.8 Å². The van der Waals surface area contributed by atoms with E-state index in [-0.39, 0.29) is 5.91 Å². The fraction of sp³-hybridized carbons (Fsp3) is 0.190. The molecule has 6 heteroatoms. The summed E-state index contributed by atoms with van der Waals surface area (Å²) >= 11 is 13.9. The highest BCUT2D eigenvalue weighted by atomic mass is 35.5. The van der Waals surface area contributed by atoms with Crippen molar-refractivity contribution in [3.05, 3.63) is 80.5 Å². The zero-order chi connectivity index (χ0) is 19.2. The van der Waals surface area contributed by atoms with E-state index in [2.05, 4.69) is 10.2 Å².